The molecule has 0 bridgehead atoms. The number of hydrogen-bond acceptors (Lipinski definition) is 2. The first-order chi connectivity index (χ1) is 10.7. The van der Waals surface area contributed by atoms with E-state index in [9.17, 15) is 0 Å². The van der Waals surface area contributed by atoms with Crippen molar-refractivity contribution in [3.63, 3.8) is 0 Å². The Kier molecular flexibility index (Phi) is 4.70. The van der Waals surface area contributed by atoms with Gasteiger partial charge >= 0.3 is 0 Å². The average molecular weight is 317 g/mol. The van der Waals surface area contributed by atoms with Crippen LogP contribution in [0.3, 0.4) is 0 Å². The van der Waals surface area contributed by atoms with E-state index in [2.05, 4.69) is 30.3 Å². The minimum Gasteiger partial charge on any atom is -0.496 e. The van der Waals surface area contributed by atoms with Gasteiger partial charge in [-0.1, -0.05) is 42.5 Å². The highest BCUT2D eigenvalue weighted by Gasteiger charge is 2.30. The summed E-state index contributed by atoms with van der Waals surface area (Å²) >= 11 is 6.40. The first kappa shape index (κ1) is 15.4. The molecular weight excluding hydrogens is 296 g/mol. The first-order valence-electron chi connectivity index (χ1n) is 7.67. The van der Waals surface area contributed by atoms with Gasteiger partial charge in [0, 0.05) is 11.5 Å². The van der Waals surface area contributed by atoms with Crippen molar-refractivity contribution in [2.45, 2.75) is 30.7 Å². The van der Waals surface area contributed by atoms with Crippen molar-refractivity contribution < 1.29 is 9.47 Å². The van der Waals surface area contributed by atoms with Crippen molar-refractivity contribution in [2.24, 2.45) is 0 Å². The van der Waals surface area contributed by atoms with Crippen LogP contribution in [0.2, 0.25) is 0 Å². The molecule has 3 heteroatoms. The van der Waals surface area contributed by atoms with E-state index in [0.29, 0.717) is 12.5 Å². The first-order valence-corrected chi connectivity index (χ1v) is 8.10. The Bertz CT molecular complexity index is 625. The maximum absolute atomic E-state index is 6.40. The van der Waals surface area contributed by atoms with Gasteiger partial charge in [0.25, 0.3) is 0 Å². The van der Waals surface area contributed by atoms with Crippen LogP contribution in [0.1, 0.15) is 35.6 Å². The maximum atomic E-state index is 6.40. The minimum atomic E-state index is -0.137. The fourth-order valence-electron chi connectivity index (χ4n) is 3.20. The molecule has 2 nitrogen and oxygen atoms in total. The summed E-state index contributed by atoms with van der Waals surface area (Å²) < 4.78 is 11.7. The molecule has 2 aromatic carbocycles. The zero-order valence-corrected chi connectivity index (χ0v) is 13.7. The van der Waals surface area contributed by atoms with Crippen LogP contribution in [-0.2, 0) is 11.2 Å². The van der Waals surface area contributed by atoms with Crippen molar-refractivity contribution in [1.29, 1.82) is 0 Å². The molecule has 1 aliphatic heterocycles. The number of halogens is 1. The number of hydrogen-bond donors (Lipinski definition) is 0. The SMILES string of the molecule is COc1cccc2c1C(C(C)Cl)OCC(c1ccccc1)C2. The van der Waals surface area contributed by atoms with Crippen LogP contribution in [0.4, 0.5) is 0 Å². The molecule has 1 aliphatic rings. The van der Waals surface area contributed by atoms with Gasteiger partial charge in [-0.05, 0) is 30.5 Å². The Hall–Kier alpha value is -1.51. The molecule has 1 heterocycles. The third-order valence-electron chi connectivity index (χ3n) is 4.29. The summed E-state index contributed by atoms with van der Waals surface area (Å²) in [6.45, 7) is 2.65. The van der Waals surface area contributed by atoms with E-state index in [1.54, 1.807) is 7.11 Å². The van der Waals surface area contributed by atoms with E-state index in [1.165, 1.54) is 11.1 Å². The van der Waals surface area contributed by atoms with Gasteiger partial charge in [0.05, 0.1) is 19.1 Å². The lowest BCUT2D eigenvalue weighted by Gasteiger charge is -2.22. The Balaban J connectivity index is 2.02. The smallest absolute Gasteiger partial charge is 0.125 e. The molecule has 22 heavy (non-hydrogen) atoms. The molecule has 0 spiro atoms. The number of rotatable bonds is 3. The molecule has 3 atom stereocenters. The molecule has 0 aromatic heterocycles. The van der Waals surface area contributed by atoms with Gasteiger partial charge in [0.15, 0.2) is 0 Å². The molecule has 0 amide bonds. The number of ether oxygens (including phenoxy) is 2. The van der Waals surface area contributed by atoms with Gasteiger partial charge in [0.2, 0.25) is 0 Å². The van der Waals surface area contributed by atoms with Crippen LogP contribution in [0.25, 0.3) is 0 Å². The van der Waals surface area contributed by atoms with Gasteiger partial charge < -0.3 is 9.47 Å². The highest BCUT2D eigenvalue weighted by molar-refractivity contribution is 6.20. The normalized spacial score (nSPS) is 22.5. The number of benzene rings is 2. The molecule has 0 saturated heterocycles. The molecule has 3 rings (SSSR count). The summed E-state index contributed by atoms with van der Waals surface area (Å²) in [5.74, 6) is 1.20. The number of alkyl halides is 1. The van der Waals surface area contributed by atoms with Gasteiger partial charge in [0.1, 0.15) is 11.9 Å². The van der Waals surface area contributed by atoms with Crippen LogP contribution in [-0.4, -0.2) is 19.1 Å². The summed E-state index contributed by atoms with van der Waals surface area (Å²) in [4.78, 5) is 0. The van der Waals surface area contributed by atoms with Gasteiger partial charge in [-0.2, -0.15) is 0 Å². The van der Waals surface area contributed by atoms with E-state index in [1.807, 2.05) is 25.1 Å². The lowest BCUT2D eigenvalue weighted by Crippen LogP contribution is -2.15. The summed E-state index contributed by atoms with van der Waals surface area (Å²) in [6.07, 6.45) is 0.804. The Morgan fingerprint density at radius 2 is 1.91 bits per heavy atom. The molecule has 0 saturated carbocycles. The lowest BCUT2D eigenvalue weighted by atomic mass is 9.90. The van der Waals surface area contributed by atoms with Crippen LogP contribution < -0.4 is 4.74 Å². The summed E-state index contributed by atoms with van der Waals surface area (Å²) in [5, 5.41) is -0.107. The minimum absolute atomic E-state index is 0.107. The van der Waals surface area contributed by atoms with Crippen molar-refractivity contribution >= 4 is 11.6 Å². The number of fused-ring (bicyclic) bond motifs is 1. The molecule has 2 aromatic rings. The topological polar surface area (TPSA) is 18.5 Å². The van der Waals surface area contributed by atoms with Crippen LogP contribution in [0.15, 0.2) is 48.5 Å². The molecule has 0 radical (unpaired) electrons. The second kappa shape index (κ2) is 6.72. The van der Waals surface area contributed by atoms with Crippen LogP contribution in [0, 0.1) is 0 Å². The van der Waals surface area contributed by atoms with Crippen molar-refractivity contribution in [3.05, 3.63) is 65.2 Å². The van der Waals surface area contributed by atoms with E-state index >= 15 is 0 Å². The molecule has 0 N–H and O–H groups in total. The van der Waals surface area contributed by atoms with Gasteiger partial charge in [-0.25, -0.2) is 0 Å². The van der Waals surface area contributed by atoms with E-state index in [4.69, 9.17) is 21.1 Å². The van der Waals surface area contributed by atoms with Crippen molar-refractivity contribution in [2.75, 3.05) is 13.7 Å². The third-order valence-corrected chi connectivity index (χ3v) is 4.52. The predicted octanol–water partition coefficient (Wildman–Crippen LogP) is 4.72. The lowest BCUT2D eigenvalue weighted by molar-refractivity contribution is 0.0471. The zero-order chi connectivity index (χ0) is 15.5. The molecule has 0 aliphatic carbocycles. The van der Waals surface area contributed by atoms with Gasteiger partial charge in [-0.3, -0.25) is 0 Å². The monoisotopic (exact) mass is 316 g/mol. The summed E-state index contributed by atoms with van der Waals surface area (Å²) in [7, 11) is 1.70. The van der Waals surface area contributed by atoms with Gasteiger partial charge in [-0.15, -0.1) is 11.6 Å². The summed E-state index contributed by atoms with van der Waals surface area (Å²) in [5.41, 5.74) is 3.67. The van der Waals surface area contributed by atoms with Crippen LogP contribution in [0.5, 0.6) is 5.75 Å². The second-order valence-corrected chi connectivity index (χ2v) is 6.46. The fraction of sp³-hybridized carbons (Fsp3) is 0.368. The van der Waals surface area contributed by atoms with Crippen molar-refractivity contribution in [3.8, 4) is 5.75 Å². The Morgan fingerprint density at radius 1 is 1.14 bits per heavy atom. The number of methoxy groups -OCH3 is 1. The Labute approximate surface area is 137 Å². The molecule has 116 valence electrons. The summed E-state index contributed by atoms with van der Waals surface area (Å²) in [6, 6.07) is 16.7. The van der Waals surface area contributed by atoms with E-state index < -0.39 is 0 Å². The Morgan fingerprint density at radius 3 is 2.59 bits per heavy atom. The largest absolute Gasteiger partial charge is 0.496 e. The van der Waals surface area contributed by atoms with E-state index in [-0.39, 0.29) is 11.5 Å². The fourth-order valence-corrected chi connectivity index (χ4v) is 3.40. The highest BCUT2D eigenvalue weighted by Crippen LogP contribution is 2.40. The molecule has 0 fully saturated rings. The predicted molar refractivity (Wildman–Crippen MR) is 89.9 cm³/mol. The maximum Gasteiger partial charge on any atom is 0.125 e. The van der Waals surface area contributed by atoms with Crippen molar-refractivity contribution in [1.82, 2.24) is 0 Å². The molecular formula is C19H21ClO2. The third kappa shape index (κ3) is 2.99. The quantitative estimate of drug-likeness (QED) is 0.763. The highest BCUT2D eigenvalue weighted by atomic mass is 35.5. The van der Waals surface area contributed by atoms with E-state index in [0.717, 1.165) is 17.7 Å². The standard InChI is InChI=1S/C19H21ClO2/c1-13(20)19-18-15(9-6-10-17(18)21-2)11-16(12-22-19)14-7-4-3-5-8-14/h3-10,13,16,19H,11-12H2,1-2H3. The average Bonchev–Trinajstić information content (AvgIpc) is 2.75. The second-order valence-electron chi connectivity index (χ2n) is 5.78. The van der Waals surface area contributed by atoms with Crippen LogP contribution >= 0.6 is 11.6 Å². The molecule has 3 unspecified atom stereocenters. The zero-order valence-electron chi connectivity index (χ0n) is 13.0.